The summed E-state index contributed by atoms with van der Waals surface area (Å²) in [6.07, 6.45) is 4.63. The molecule has 2 N–H and O–H groups in total. The zero-order valence-electron chi connectivity index (χ0n) is 9.52. The first kappa shape index (κ1) is 11.4. The molecule has 88 valence electrons. The molecule has 1 saturated carbocycles. The third-order valence-corrected chi connectivity index (χ3v) is 3.06. The summed E-state index contributed by atoms with van der Waals surface area (Å²) in [6, 6.07) is 4.10. The molecule has 1 aliphatic carbocycles. The van der Waals surface area contributed by atoms with Gasteiger partial charge in [0.05, 0.1) is 13.2 Å². The van der Waals surface area contributed by atoms with Crippen molar-refractivity contribution >= 4 is 0 Å². The molecular weight excluding hydrogens is 204 g/mol. The number of rotatable bonds is 4. The molecule has 1 heterocycles. The van der Waals surface area contributed by atoms with Gasteiger partial charge in [0, 0.05) is 24.8 Å². The van der Waals surface area contributed by atoms with Crippen LogP contribution < -0.4 is 10.1 Å². The standard InChI is InChI=1S/C12H18N2O2/c1-16-12-7-9(5-6-13-12)8-14-10-3-2-4-11(10)15/h5-7,10-11,14-15H,2-4,8H2,1H3. The summed E-state index contributed by atoms with van der Waals surface area (Å²) in [7, 11) is 1.61. The molecule has 0 amide bonds. The van der Waals surface area contributed by atoms with Gasteiger partial charge in [0.2, 0.25) is 5.88 Å². The molecule has 4 heteroatoms. The van der Waals surface area contributed by atoms with Crippen molar-refractivity contribution in [3.05, 3.63) is 23.9 Å². The normalized spacial score (nSPS) is 24.6. The highest BCUT2D eigenvalue weighted by molar-refractivity contribution is 5.20. The van der Waals surface area contributed by atoms with Gasteiger partial charge in [0.25, 0.3) is 0 Å². The molecule has 0 radical (unpaired) electrons. The number of nitrogens with zero attached hydrogens (tertiary/aromatic N) is 1. The number of aromatic nitrogens is 1. The van der Waals surface area contributed by atoms with Crippen molar-refractivity contribution in [2.75, 3.05) is 7.11 Å². The van der Waals surface area contributed by atoms with E-state index in [1.165, 1.54) is 0 Å². The lowest BCUT2D eigenvalue weighted by atomic mass is 10.2. The Kier molecular flexibility index (Phi) is 3.74. The van der Waals surface area contributed by atoms with Gasteiger partial charge in [0.1, 0.15) is 0 Å². The smallest absolute Gasteiger partial charge is 0.213 e. The molecule has 2 atom stereocenters. The molecule has 2 unspecified atom stereocenters. The third-order valence-electron chi connectivity index (χ3n) is 3.06. The highest BCUT2D eigenvalue weighted by Crippen LogP contribution is 2.19. The molecule has 2 rings (SSSR count). The number of aliphatic hydroxyl groups excluding tert-OH is 1. The van der Waals surface area contributed by atoms with Crippen LogP contribution in [0, 0.1) is 0 Å². The van der Waals surface area contributed by atoms with E-state index in [4.69, 9.17) is 4.74 Å². The zero-order chi connectivity index (χ0) is 11.4. The van der Waals surface area contributed by atoms with Crippen LogP contribution in [0.5, 0.6) is 5.88 Å². The second-order valence-electron chi connectivity index (χ2n) is 4.19. The molecule has 1 aliphatic rings. The number of pyridine rings is 1. The van der Waals surface area contributed by atoms with Gasteiger partial charge in [-0.05, 0) is 30.9 Å². The van der Waals surface area contributed by atoms with Crippen molar-refractivity contribution < 1.29 is 9.84 Å². The summed E-state index contributed by atoms with van der Waals surface area (Å²) in [5.74, 6) is 0.631. The first-order chi connectivity index (χ1) is 7.79. The monoisotopic (exact) mass is 222 g/mol. The molecule has 1 fully saturated rings. The Bertz CT molecular complexity index is 344. The molecular formula is C12H18N2O2. The summed E-state index contributed by atoms with van der Waals surface area (Å²) >= 11 is 0. The maximum Gasteiger partial charge on any atom is 0.213 e. The van der Waals surface area contributed by atoms with E-state index in [-0.39, 0.29) is 12.1 Å². The number of methoxy groups -OCH3 is 1. The predicted octanol–water partition coefficient (Wildman–Crippen LogP) is 1.09. The maximum absolute atomic E-state index is 9.67. The van der Waals surface area contributed by atoms with Crippen LogP contribution in [0.3, 0.4) is 0 Å². The van der Waals surface area contributed by atoms with Crippen LogP contribution in [0.2, 0.25) is 0 Å². The van der Waals surface area contributed by atoms with Gasteiger partial charge in [-0.2, -0.15) is 0 Å². The molecule has 1 aromatic heterocycles. The predicted molar refractivity (Wildman–Crippen MR) is 61.3 cm³/mol. The van der Waals surface area contributed by atoms with Crippen molar-refractivity contribution in [3.63, 3.8) is 0 Å². The number of hydrogen-bond acceptors (Lipinski definition) is 4. The first-order valence-corrected chi connectivity index (χ1v) is 5.70. The molecule has 4 nitrogen and oxygen atoms in total. The number of ether oxygens (including phenoxy) is 1. The largest absolute Gasteiger partial charge is 0.481 e. The van der Waals surface area contributed by atoms with Crippen molar-refractivity contribution in [2.45, 2.75) is 38.0 Å². The van der Waals surface area contributed by atoms with Crippen molar-refractivity contribution in [2.24, 2.45) is 0 Å². The van der Waals surface area contributed by atoms with Crippen LogP contribution in [-0.2, 0) is 6.54 Å². The summed E-state index contributed by atoms with van der Waals surface area (Å²) in [4.78, 5) is 4.05. The molecule has 0 saturated heterocycles. The van der Waals surface area contributed by atoms with Gasteiger partial charge in [-0.3, -0.25) is 0 Å². The van der Waals surface area contributed by atoms with Crippen LogP contribution in [0.1, 0.15) is 24.8 Å². The number of nitrogens with one attached hydrogen (secondary N) is 1. The van der Waals surface area contributed by atoms with E-state index in [0.717, 1.165) is 31.4 Å². The lowest BCUT2D eigenvalue weighted by molar-refractivity contribution is 0.148. The van der Waals surface area contributed by atoms with E-state index < -0.39 is 0 Å². The van der Waals surface area contributed by atoms with Crippen molar-refractivity contribution in [3.8, 4) is 5.88 Å². The Hall–Kier alpha value is -1.13. The Labute approximate surface area is 95.7 Å². The minimum absolute atomic E-state index is 0.191. The lowest BCUT2D eigenvalue weighted by Crippen LogP contribution is -2.35. The van der Waals surface area contributed by atoms with Gasteiger partial charge in [-0.15, -0.1) is 0 Å². The fraction of sp³-hybridized carbons (Fsp3) is 0.583. The summed E-state index contributed by atoms with van der Waals surface area (Å²) in [6.45, 7) is 0.751. The molecule has 16 heavy (non-hydrogen) atoms. The highest BCUT2D eigenvalue weighted by Gasteiger charge is 2.24. The minimum atomic E-state index is -0.191. The van der Waals surface area contributed by atoms with Crippen LogP contribution in [0.15, 0.2) is 18.3 Å². The van der Waals surface area contributed by atoms with E-state index in [9.17, 15) is 5.11 Å². The molecule has 1 aromatic rings. The van der Waals surface area contributed by atoms with Crippen molar-refractivity contribution in [1.29, 1.82) is 0 Å². The minimum Gasteiger partial charge on any atom is -0.481 e. The topological polar surface area (TPSA) is 54.4 Å². The van der Waals surface area contributed by atoms with Gasteiger partial charge >= 0.3 is 0 Å². The van der Waals surface area contributed by atoms with Gasteiger partial charge in [-0.1, -0.05) is 0 Å². The lowest BCUT2D eigenvalue weighted by Gasteiger charge is -2.16. The quantitative estimate of drug-likeness (QED) is 0.801. The van der Waals surface area contributed by atoms with Gasteiger partial charge in [-0.25, -0.2) is 4.98 Å². The Morgan fingerprint density at radius 1 is 1.56 bits per heavy atom. The summed E-state index contributed by atoms with van der Waals surface area (Å²) in [5.41, 5.74) is 1.13. The molecule has 0 bridgehead atoms. The Morgan fingerprint density at radius 2 is 2.44 bits per heavy atom. The highest BCUT2D eigenvalue weighted by atomic mass is 16.5. The summed E-state index contributed by atoms with van der Waals surface area (Å²) < 4.78 is 5.06. The van der Waals surface area contributed by atoms with Crippen LogP contribution in [0.25, 0.3) is 0 Å². The molecule has 0 aliphatic heterocycles. The van der Waals surface area contributed by atoms with E-state index in [1.54, 1.807) is 13.3 Å². The SMILES string of the molecule is COc1cc(CNC2CCCC2O)ccn1. The number of hydrogen-bond donors (Lipinski definition) is 2. The second-order valence-corrected chi connectivity index (χ2v) is 4.19. The second kappa shape index (κ2) is 5.27. The van der Waals surface area contributed by atoms with E-state index in [0.29, 0.717) is 5.88 Å². The average molecular weight is 222 g/mol. The Morgan fingerprint density at radius 3 is 3.12 bits per heavy atom. The van der Waals surface area contributed by atoms with Crippen LogP contribution >= 0.6 is 0 Å². The zero-order valence-corrected chi connectivity index (χ0v) is 9.52. The van der Waals surface area contributed by atoms with Crippen LogP contribution in [-0.4, -0.2) is 29.3 Å². The van der Waals surface area contributed by atoms with E-state index >= 15 is 0 Å². The Balaban J connectivity index is 1.88. The van der Waals surface area contributed by atoms with E-state index in [2.05, 4.69) is 10.3 Å². The fourth-order valence-electron chi connectivity index (χ4n) is 2.10. The number of aliphatic hydroxyl groups is 1. The third kappa shape index (κ3) is 2.71. The molecule has 0 aromatic carbocycles. The fourth-order valence-corrected chi connectivity index (χ4v) is 2.10. The van der Waals surface area contributed by atoms with E-state index in [1.807, 2.05) is 12.1 Å². The van der Waals surface area contributed by atoms with Gasteiger partial charge in [0.15, 0.2) is 0 Å². The first-order valence-electron chi connectivity index (χ1n) is 5.70. The molecule has 0 spiro atoms. The van der Waals surface area contributed by atoms with Crippen molar-refractivity contribution in [1.82, 2.24) is 10.3 Å². The van der Waals surface area contributed by atoms with Gasteiger partial charge < -0.3 is 15.2 Å². The average Bonchev–Trinajstić information content (AvgIpc) is 2.72. The van der Waals surface area contributed by atoms with Crippen LogP contribution in [0.4, 0.5) is 0 Å². The maximum atomic E-state index is 9.67. The summed E-state index contributed by atoms with van der Waals surface area (Å²) in [5, 5.41) is 13.0.